The van der Waals surface area contributed by atoms with Crippen LogP contribution in [0.15, 0.2) is 49.2 Å². The minimum atomic E-state index is 0.213. The molecule has 10 heteroatoms. The molecule has 0 saturated carbocycles. The highest BCUT2D eigenvalue weighted by Gasteiger charge is 2.20. The van der Waals surface area contributed by atoms with Crippen LogP contribution in [0.1, 0.15) is 5.56 Å². The lowest BCUT2D eigenvalue weighted by molar-refractivity contribution is 0.0209. The highest BCUT2D eigenvalue weighted by molar-refractivity contribution is 5.68. The zero-order valence-corrected chi connectivity index (χ0v) is 14.6. The van der Waals surface area contributed by atoms with Crippen LogP contribution in [0.4, 0.5) is 17.3 Å². The number of rotatable bonds is 5. The van der Waals surface area contributed by atoms with Gasteiger partial charge >= 0.3 is 0 Å². The SMILES string of the molecule is N#Cc1cnn2c(NC3COC3)cc(Nc3cccc(-n4cnnc4)c3)nc12. The largest absolute Gasteiger partial charge is 0.377 e. The Labute approximate surface area is 159 Å². The molecular weight excluding hydrogens is 358 g/mol. The number of nitrogens with zero attached hydrogens (tertiary/aromatic N) is 7. The van der Waals surface area contributed by atoms with Crippen LogP contribution >= 0.6 is 0 Å². The summed E-state index contributed by atoms with van der Waals surface area (Å²) in [6.45, 7) is 1.28. The third-order valence-electron chi connectivity index (χ3n) is 4.42. The third kappa shape index (κ3) is 2.89. The zero-order chi connectivity index (χ0) is 18.9. The first-order chi connectivity index (χ1) is 13.8. The normalized spacial score (nSPS) is 13.8. The maximum Gasteiger partial charge on any atom is 0.177 e. The van der Waals surface area contributed by atoms with Gasteiger partial charge in [0.05, 0.1) is 31.1 Å². The van der Waals surface area contributed by atoms with Gasteiger partial charge in [0, 0.05) is 11.8 Å². The van der Waals surface area contributed by atoms with Gasteiger partial charge in [-0.1, -0.05) is 6.07 Å². The number of hydrogen-bond donors (Lipinski definition) is 2. The summed E-state index contributed by atoms with van der Waals surface area (Å²) in [4.78, 5) is 4.57. The summed E-state index contributed by atoms with van der Waals surface area (Å²) in [6, 6.07) is 12.0. The fourth-order valence-electron chi connectivity index (χ4n) is 2.96. The van der Waals surface area contributed by atoms with Crippen molar-refractivity contribution in [3.05, 3.63) is 54.7 Å². The lowest BCUT2D eigenvalue weighted by atomic mass is 10.2. The van der Waals surface area contributed by atoms with Gasteiger partial charge in [-0.2, -0.15) is 14.9 Å². The topological polar surface area (TPSA) is 118 Å². The first-order valence-corrected chi connectivity index (χ1v) is 8.65. The Morgan fingerprint density at radius 2 is 2.04 bits per heavy atom. The third-order valence-corrected chi connectivity index (χ3v) is 4.42. The van der Waals surface area contributed by atoms with E-state index < -0.39 is 0 Å². The number of benzene rings is 1. The Hall–Kier alpha value is -3.97. The molecule has 1 aliphatic rings. The number of hydrogen-bond acceptors (Lipinski definition) is 8. The second-order valence-electron chi connectivity index (χ2n) is 6.36. The average Bonchev–Trinajstić information content (AvgIpc) is 3.34. The van der Waals surface area contributed by atoms with Crippen LogP contribution in [0.5, 0.6) is 0 Å². The predicted octanol–water partition coefficient (Wildman–Crippen LogP) is 1.74. The van der Waals surface area contributed by atoms with Crippen molar-refractivity contribution in [2.24, 2.45) is 0 Å². The van der Waals surface area contributed by atoms with Crippen LogP contribution in [-0.2, 0) is 4.74 Å². The van der Waals surface area contributed by atoms with Crippen LogP contribution in [-0.4, -0.2) is 48.6 Å². The van der Waals surface area contributed by atoms with Gasteiger partial charge in [0.15, 0.2) is 5.65 Å². The van der Waals surface area contributed by atoms with Gasteiger partial charge in [0.1, 0.15) is 35.9 Å². The molecule has 0 spiro atoms. The van der Waals surface area contributed by atoms with E-state index in [9.17, 15) is 5.26 Å². The van der Waals surface area contributed by atoms with Gasteiger partial charge in [0.2, 0.25) is 0 Å². The molecule has 0 amide bonds. The molecule has 5 rings (SSSR count). The molecule has 138 valence electrons. The van der Waals surface area contributed by atoms with E-state index in [1.54, 1.807) is 17.2 Å². The van der Waals surface area contributed by atoms with Gasteiger partial charge in [0.25, 0.3) is 0 Å². The standard InChI is InChI=1S/C18H15N9O/c19-6-12-7-22-27-17(24-14-8-28-9-14)5-16(25-18(12)27)23-13-2-1-3-15(4-13)26-10-20-21-11-26/h1-5,7,10-11,14,24H,8-9H2,(H,23,25). The van der Waals surface area contributed by atoms with Crippen molar-refractivity contribution in [2.45, 2.75) is 6.04 Å². The number of nitriles is 1. The van der Waals surface area contributed by atoms with Crippen molar-refractivity contribution in [3.63, 3.8) is 0 Å². The molecule has 0 aliphatic carbocycles. The van der Waals surface area contributed by atoms with Crippen LogP contribution in [0.3, 0.4) is 0 Å². The summed E-state index contributed by atoms with van der Waals surface area (Å²) in [7, 11) is 0. The molecule has 1 fully saturated rings. The average molecular weight is 373 g/mol. The summed E-state index contributed by atoms with van der Waals surface area (Å²) in [5.74, 6) is 1.35. The fraction of sp³-hybridized carbons (Fsp3) is 0.167. The van der Waals surface area contributed by atoms with E-state index in [0.717, 1.165) is 17.2 Å². The maximum absolute atomic E-state index is 9.36. The number of aromatic nitrogens is 6. The molecule has 4 heterocycles. The molecule has 1 aliphatic heterocycles. The Bertz CT molecular complexity index is 1170. The quantitative estimate of drug-likeness (QED) is 0.543. The van der Waals surface area contributed by atoms with E-state index in [4.69, 9.17) is 4.74 Å². The number of anilines is 3. The molecule has 1 saturated heterocycles. The zero-order valence-electron chi connectivity index (χ0n) is 14.6. The summed E-state index contributed by atoms with van der Waals surface area (Å²) in [5.41, 5.74) is 2.67. The molecule has 4 aromatic rings. The first kappa shape index (κ1) is 16.2. The Morgan fingerprint density at radius 3 is 2.79 bits per heavy atom. The van der Waals surface area contributed by atoms with Gasteiger partial charge in [-0.15, -0.1) is 10.2 Å². The van der Waals surface area contributed by atoms with Crippen LogP contribution < -0.4 is 10.6 Å². The maximum atomic E-state index is 9.36. The van der Waals surface area contributed by atoms with E-state index in [2.05, 4.69) is 37.0 Å². The van der Waals surface area contributed by atoms with Crippen molar-refractivity contribution in [2.75, 3.05) is 23.8 Å². The number of ether oxygens (including phenoxy) is 1. The molecule has 0 bridgehead atoms. The van der Waals surface area contributed by atoms with E-state index >= 15 is 0 Å². The minimum Gasteiger partial charge on any atom is -0.377 e. The Morgan fingerprint density at radius 1 is 1.18 bits per heavy atom. The second-order valence-corrected chi connectivity index (χ2v) is 6.36. The van der Waals surface area contributed by atoms with E-state index in [1.807, 2.05) is 34.9 Å². The monoisotopic (exact) mass is 373 g/mol. The molecule has 0 atom stereocenters. The first-order valence-electron chi connectivity index (χ1n) is 8.65. The summed E-state index contributed by atoms with van der Waals surface area (Å²) in [5, 5.41) is 28.0. The molecule has 2 N–H and O–H groups in total. The number of fused-ring (bicyclic) bond motifs is 1. The Balaban J connectivity index is 1.52. The molecule has 3 aromatic heterocycles. The summed E-state index contributed by atoms with van der Waals surface area (Å²) >= 11 is 0. The summed E-state index contributed by atoms with van der Waals surface area (Å²) < 4.78 is 8.68. The van der Waals surface area contributed by atoms with Gasteiger partial charge in [-0.05, 0) is 18.2 Å². The Kier molecular flexibility index (Phi) is 3.85. The molecule has 0 unspecified atom stereocenters. The molecule has 1 aromatic carbocycles. The van der Waals surface area contributed by atoms with Crippen molar-refractivity contribution in [1.82, 2.24) is 29.4 Å². The van der Waals surface area contributed by atoms with E-state index in [-0.39, 0.29) is 6.04 Å². The van der Waals surface area contributed by atoms with E-state index in [1.165, 1.54) is 6.20 Å². The molecule has 0 radical (unpaired) electrons. The molecule has 28 heavy (non-hydrogen) atoms. The second kappa shape index (κ2) is 6.64. The fourth-order valence-corrected chi connectivity index (χ4v) is 2.96. The van der Waals surface area contributed by atoms with Crippen LogP contribution in [0.2, 0.25) is 0 Å². The van der Waals surface area contributed by atoms with Gasteiger partial charge in [-0.25, -0.2) is 4.98 Å². The van der Waals surface area contributed by atoms with Crippen molar-refractivity contribution in [3.8, 4) is 11.8 Å². The van der Waals surface area contributed by atoms with Crippen molar-refractivity contribution in [1.29, 1.82) is 5.26 Å². The molecular formula is C18H15N9O. The molecule has 10 nitrogen and oxygen atoms in total. The van der Waals surface area contributed by atoms with E-state index in [0.29, 0.717) is 30.2 Å². The van der Waals surface area contributed by atoms with Crippen molar-refractivity contribution < 1.29 is 4.74 Å². The smallest absolute Gasteiger partial charge is 0.177 e. The van der Waals surface area contributed by atoms with Crippen molar-refractivity contribution >= 4 is 23.0 Å². The highest BCUT2D eigenvalue weighted by atomic mass is 16.5. The van der Waals surface area contributed by atoms with Gasteiger partial charge < -0.3 is 15.4 Å². The lowest BCUT2D eigenvalue weighted by Crippen LogP contribution is -2.40. The van der Waals surface area contributed by atoms with Gasteiger partial charge in [-0.3, -0.25) is 4.57 Å². The predicted molar refractivity (Wildman–Crippen MR) is 101 cm³/mol. The highest BCUT2D eigenvalue weighted by Crippen LogP contribution is 2.24. The van der Waals surface area contributed by atoms with Crippen LogP contribution in [0.25, 0.3) is 11.3 Å². The minimum absolute atomic E-state index is 0.213. The lowest BCUT2D eigenvalue weighted by Gasteiger charge is -2.28. The van der Waals surface area contributed by atoms with Crippen LogP contribution in [0, 0.1) is 11.3 Å². The summed E-state index contributed by atoms with van der Waals surface area (Å²) in [6.07, 6.45) is 4.79. The number of nitrogens with one attached hydrogen (secondary N) is 2.